The lowest BCUT2D eigenvalue weighted by Gasteiger charge is -2.23. The molecule has 0 spiro atoms. The van der Waals surface area contributed by atoms with Crippen LogP contribution < -0.4 is 5.73 Å². The molecule has 0 aliphatic carbocycles. The number of rotatable bonds is 5. The molecule has 1 aromatic rings. The van der Waals surface area contributed by atoms with Crippen molar-refractivity contribution in [3.05, 3.63) is 34.1 Å². The van der Waals surface area contributed by atoms with Gasteiger partial charge in [0.25, 0.3) is 0 Å². The fourth-order valence-corrected chi connectivity index (χ4v) is 1.75. The number of nitrogens with two attached hydrogens (primary N) is 1. The molecule has 3 unspecified atom stereocenters. The lowest BCUT2D eigenvalue weighted by Crippen LogP contribution is -2.28. The molecular weight excluding hydrogens is 289 g/mol. The van der Waals surface area contributed by atoms with Gasteiger partial charge in [0.1, 0.15) is 5.82 Å². The van der Waals surface area contributed by atoms with Gasteiger partial charge in [-0.15, -0.1) is 0 Å². The van der Waals surface area contributed by atoms with Crippen LogP contribution in [0.2, 0.25) is 0 Å². The monoisotopic (exact) mass is 305 g/mol. The molecule has 0 radical (unpaired) electrons. The topological polar surface area (TPSA) is 55.5 Å². The number of halogens is 2. The zero-order valence-corrected chi connectivity index (χ0v) is 11.4. The van der Waals surface area contributed by atoms with Crippen LogP contribution >= 0.6 is 15.9 Å². The Morgan fingerprint density at radius 3 is 2.59 bits per heavy atom. The summed E-state index contributed by atoms with van der Waals surface area (Å²) in [6, 6.07) is 4.63. The molecule has 96 valence electrons. The SMILES string of the molecule is CC(O)C(C)OC(CN)c1ccc(F)c(Br)c1. The Morgan fingerprint density at radius 1 is 1.47 bits per heavy atom. The van der Waals surface area contributed by atoms with Crippen molar-refractivity contribution in [2.24, 2.45) is 5.73 Å². The van der Waals surface area contributed by atoms with Gasteiger partial charge >= 0.3 is 0 Å². The van der Waals surface area contributed by atoms with Crippen molar-refractivity contribution in [3.8, 4) is 0 Å². The van der Waals surface area contributed by atoms with Crippen LogP contribution in [0.5, 0.6) is 0 Å². The molecule has 0 amide bonds. The highest BCUT2D eigenvalue weighted by molar-refractivity contribution is 9.10. The van der Waals surface area contributed by atoms with Crippen LogP contribution in [0.4, 0.5) is 4.39 Å². The molecule has 3 atom stereocenters. The van der Waals surface area contributed by atoms with Crippen molar-refractivity contribution < 1.29 is 14.2 Å². The van der Waals surface area contributed by atoms with Crippen molar-refractivity contribution in [2.45, 2.75) is 32.2 Å². The molecule has 0 saturated carbocycles. The van der Waals surface area contributed by atoms with Crippen molar-refractivity contribution in [2.75, 3.05) is 6.54 Å². The highest BCUT2D eigenvalue weighted by Crippen LogP contribution is 2.24. The molecule has 3 nitrogen and oxygen atoms in total. The van der Waals surface area contributed by atoms with E-state index in [4.69, 9.17) is 10.5 Å². The second kappa shape index (κ2) is 6.44. The van der Waals surface area contributed by atoms with Crippen molar-refractivity contribution >= 4 is 15.9 Å². The molecule has 0 aliphatic rings. The first-order valence-corrected chi connectivity index (χ1v) is 6.23. The van der Waals surface area contributed by atoms with Crippen LogP contribution in [-0.2, 0) is 4.74 Å². The normalized spacial score (nSPS) is 16.6. The van der Waals surface area contributed by atoms with Gasteiger partial charge in [-0.05, 0) is 47.5 Å². The largest absolute Gasteiger partial charge is 0.391 e. The lowest BCUT2D eigenvalue weighted by molar-refractivity contribution is -0.0592. The van der Waals surface area contributed by atoms with E-state index in [-0.39, 0.29) is 24.6 Å². The number of hydrogen-bond acceptors (Lipinski definition) is 3. The van der Waals surface area contributed by atoms with Gasteiger partial charge < -0.3 is 15.6 Å². The third-order valence-electron chi connectivity index (χ3n) is 2.59. The van der Waals surface area contributed by atoms with E-state index in [1.807, 2.05) is 0 Å². The van der Waals surface area contributed by atoms with Gasteiger partial charge in [-0.2, -0.15) is 0 Å². The molecule has 0 bridgehead atoms. The molecule has 5 heteroatoms. The van der Waals surface area contributed by atoms with Gasteiger partial charge in [0.15, 0.2) is 0 Å². The molecule has 1 rings (SSSR count). The summed E-state index contributed by atoms with van der Waals surface area (Å²) in [5.41, 5.74) is 6.41. The van der Waals surface area contributed by atoms with E-state index in [1.165, 1.54) is 6.07 Å². The summed E-state index contributed by atoms with van der Waals surface area (Å²) in [6.45, 7) is 3.69. The molecule has 0 saturated heterocycles. The first-order chi connectivity index (χ1) is 7.95. The molecule has 17 heavy (non-hydrogen) atoms. The Kier molecular flexibility index (Phi) is 5.52. The highest BCUT2D eigenvalue weighted by Gasteiger charge is 2.18. The Hall–Kier alpha value is -0.490. The average Bonchev–Trinajstić information content (AvgIpc) is 2.29. The number of aliphatic hydroxyl groups excluding tert-OH is 1. The summed E-state index contributed by atoms with van der Waals surface area (Å²) < 4.78 is 19.1. The summed E-state index contributed by atoms with van der Waals surface area (Å²) in [5, 5.41) is 9.38. The van der Waals surface area contributed by atoms with E-state index >= 15 is 0 Å². The van der Waals surface area contributed by atoms with Crippen LogP contribution in [0.15, 0.2) is 22.7 Å². The Labute approximate surface area is 109 Å². The van der Waals surface area contributed by atoms with Gasteiger partial charge in [-0.25, -0.2) is 4.39 Å². The van der Waals surface area contributed by atoms with Gasteiger partial charge in [-0.3, -0.25) is 0 Å². The van der Waals surface area contributed by atoms with Crippen molar-refractivity contribution in [1.29, 1.82) is 0 Å². The molecule has 3 N–H and O–H groups in total. The van der Waals surface area contributed by atoms with Gasteiger partial charge in [0.2, 0.25) is 0 Å². The fraction of sp³-hybridized carbons (Fsp3) is 0.500. The Morgan fingerprint density at radius 2 is 2.12 bits per heavy atom. The van der Waals surface area contributed by atoms with Crippen LogP contribution in [0.3, 0.4) is 0 Å². The summed E-state index contributed by atoms with van der Waals surface area (Å²) in [6.07, 6.45) is -1.25. The summed E-state index contributed by atoms with van der Waals surface area (Å²) in [4.78, 5) is 0. The number of hydrogen-bond donors (Lipinski definition) is 2. The summed E-state index contributed by atoms with van der Waals surface area (Å²) in [7, 11) is 0. The average molecular weight is 306 g/mol. The summed E-state index contributed by atoms with van der Waals surface area (Å²) >= 11 is 3.12. The van der Waals surface area contributed by atoms with Crippen molar-refractivity contribution in [1.82, 2.24) is 0 Å². The molecule has 0 fully saturated rings. The zero-order valence-electron chi connectivity index (χ0n) is 9.86. The molecule has 0 heterocycles. The van der Waals surface area contributed by atoms with E-state index in [0.717, 1.165) is 5.56 Å². The van der Waals surface area contributed by atoms with E-state index in [1.54, 1.807) is 26.0 Å². The first-order valence-electron chi connectivity index (χ1n) is 5.44. The highest BCUT2D eigenvalue weighted by atomic mass is 79.9. The maximum Gasteiger partial charge on any atom is 0.137 e. The standard InChI is InChI=1S/C12H17BrFNO2/c1-7(16)8(2)17-12(6-15)9-3-4-11(14)10(13)5-9/h3-5,7-8,12,16H,6,15H2,1-2H3. The summed E-state index contributed by atoms with van der Waals surface area (Å²) in [5.74, 6) is -0.326. The smallest absolute Gasteiger partial charge is 0.137 e. The van der Waals surface area contributed by atoms with E-state index < -0.39 is 6.10 Å². The zero-order chi connectivity index (χ0) is 13.0. The Balaban J connectivity index is 2.82. The minimum absolute atomic E-state index is 0.273. The van der Waals surface area contributed by atoms with Gasteiger partial charge in [0, 0.05) is 6.54 Å². The van der Waals surface area contributed by atoms with E-state index in [2.05, 4.69) is 15.9 Å². The van der Waals surface area contributed by atoms with Crippen LogP contribution in [-0.4, -0.2) is 23.9 Å². The minimum atomic E-state index is -0.576. The fourth-order valence-electron chi connectivity index (χ4n) is 1.36. The predicted octanol–water partition coefficient (Wildman–Crippen LogP) is 2.37. The maximum absolute atomic E-state index is 13.1. The second-order valence-corrected chi connectivity index (χ2v) is 4.83. The van der Waals surface area contributed by atoms with Crippen LogP contribution in [0, 0.1) is 5.82 Å². The predicted molar refractivity (Wildman–Crippen MR) is 68.1 cm³/mol. The van der Waals surface area contributed by atoms with Gasteiger partial charge in [-0.1, -0.05) is 6.07 Å². The maximum atomic E-state index is 13.1. The van der Waals surface area contributed by atoms with Crippen LogP contribution in [0.25, 0.3) is 0 Å². The molecule has 1 aromatic carbocycles. The number of aliphatic hydroxyl groups is 1. The molecule has 0 aliphatic heterocycles. The van der Waals surface area contributed by atoms with Gasteiger partial charge in [0.05, 0.1) is 22.8 Å². The van der Waals surface area contributed by atoms with Crippen molar-refractivity contribution in [3.63, 3.8) is 0 Å². The molecular formula is C12H17BrFNO2. The third kappa shape index (κ3) is 4.03. The Bertz CT molecular complexity index is 374. The first kappa shape index (κ1) is 14.6. The van der Waals surface area contributed by atoms with E-state index in [0.29, 0.717) is 4.47 Å². The number of ether oxygens (including phenoxy) is 1. The van der Waals surface area contributed by atoms with Crippen LogP contribution in [0.1, 0.15) is 25.5 Å². The number of benzene rings is 1. The quantitative estimate of drug-likeness (QED) is 0.878. The third-order valence-corrected chi connectivity index (χ3v) is 3.20. The minimum Gasteiger partial charge on any atom is -0.391 e. The van der Waals surface area contributed by atoms with E-state index in [9.17, 15) is 9.50 Å². The lowest BCUT2D eigenvalue weighted by atomic mass is 10.1. The second-order valence-electron chi connectivity index (χ2n) is 3.98. The molecule has 0 aromatic heterocycles.